The summed E-state index contributed by atoms with van der Waals surface area (Å²) in [5.74, 6) is 0.370. The fourth-order valence-electron chi connectivity index (χ4n) is 3.87. The van der Waals surface area contributed by atoms with Crippen molar-refractivity contribution in [2.75, 3.05) is 18.0 Å². The molecule has 0 saturated heterocycles. The monoisotopic (exact) mass is 591 g/mol. The van der Waals surface area contributed by atoms with E-state index in [1.807, 2.05) is 38.1 Å². The number of anilines is 1. The van der Waals surface area contributed by atoms with Gasteiger partial charge in [-0.15, -0.1) is 0 Å². The van der Waals surface area contributed by atoms with Gasteiger partial charge in [-0.2, -0.15) is 5.10 Å². The van der Waals surface area contributed by atoms with Crippen LogP contribution >= 0.6 is 11.6 Å². The van der Waals surface area contributed by atoms with Gasteiger partial charge in [0, 0.05) is 5.02 Å². The second-order valence-electron chi connectivity index (χ2n) is 9.28. The third kappa shape index (κ3) is 7.87. The van der Waals surface area contributed by atoms with Gasteiger partial charge in [0.05, 0.1) is 23.9 Å². The summed E-state index contributed by atoms with van der Waals surface area (Å²) in [5.41, 5.74) is 6.10. The number of methoxy groups -OCH3 is 1. The molecule has 1 amide bonds. The molecule has 41 heavy (non-hydrogen) atoms. The summed E-state index contributed by atoms with van der Waals surface area (Å²) in [6.07, 6.45) is 1.47. The maximum Gasteiger partial charge on any atom is 0.264 e. The van der Waals surface area contributed by atoms with Gasteiger partial charge >= 0.3 is 0 Å². The molecule has 0 fully saturated rings. The third-order valence-corrected chi connectivity index (χ3v) is 8.13. The molecule has 0 spiro atoms. The maximum absolute atomic E-state index is 13.7. The van der Waals surface area contributed by atoms with Gasteiger partial charge in [0.1, 0.15) is 24.7 Å². The molecule has 0 heterocycles. The van der Waals surface area contributed by atoms with Crippen LogP contribution in [0.15, 0.2) is 101 Å². The van der Waals surface area contributed by atoms with Gasteiger partial charge in [-0.05, 0) is 91.2 Å². The van der Waals surface area contributed by atoms with Gasteiger partial charge in [0.2, 0.25) is 0 Å². The summed E-state index contributed by atoms with van der Waals surface area (Å²) >= 11 is 5.91. The molecular weight excluding hydrogens is 562 g/mol. The van der Waals surface area contributed by atoms with Crippen LogP contribution in [0.3, 0.4) is 0 Å². The van der Waals surface area contributed by atoms with Gasteiger partial charge in [-0.1, -0.05) is 47.5 Å². The van der Waals surface area contributed by atoms with Crippen LogP contribution in [0.1, 0.15) is 22.3 Å². The highest BCUT2D eigenvalue weighted by Crippen LogP contribution is 2.33. The molecule has 4 aromatic carbocycles. The van der Waals surface area contributed by atoms with Crippen LogP contribution in [0, 0.1) is 13.8 Å². The molecule has 0 atom stereocenters. The van der Waals surface area contributed by atoms with Crippen LogP contribution < -0.4 is 19.2 Å². The number of rotatable bonds is 11. The second-order valence-corrected chi connectivity index (χ2v) is 11.6. The van der Waals surface area contributed by atoms with E-state index in [4.69, 9.17) is 21.1 Å². The number of carbonyl (C=O) groups excluding carboxylic acids is 1. The summed E-state index contributed by atoms with van der Waals surface area (Å²) in [5, 5.41) is 4.68. The Morgan fingerprint density at radius 1 is 0.927 bits per heavy atom. The second kappa shape index (κ2) is 13.3. The summed E-state index contributed by atoms with van der Waals surface area (Å²) in [6.45, 7) is 3.59. The Morgan fingerprint density at radius 3 is 2.24 bits per heavy atom. The summed E-state index contributed by atoms with van der Waals surface area (Å²) in [6, 6.07) is 26.1. The maximum atomic E-state index is 13.7. The van der Waals surface area contributed by atoms with Crippen LogP contribution in [-0.2, 0) is 21.4 Å². The van der Waals surface area contributed by atoms with Gasteiger partial charge in [-0.25, -0.2) is 13.8 Å². The normalized spacial score (nSPS) is 11.3. The molecule has 10 heteroatoms. The number of benzene rings is 4. The lowest BCUT2D eigenvalue weighted by Gasteiger charge is -2.25. The molecule has 0 radical (unpaired) electrons. The zero-order valence-electron chi connectivity index (χ0n) is 22.9. The molecule has 0 bridgehead atoms. The minimum Gasteiger partial charge on any atom is -0.495 e. The van der Waals surface area contributed by atoms with E-state index in [1.54, 1.807) is 54.6 Å². The van der Waals surface area contributed by atoms with Crippen molar-refractivity contribution in [3.05, 3.63) is 118 Å². The van der Waals surface area contributed by atoms with Gasteiger partial charge < -0.3 is 9.47 Å². The predicted molar refractivity (Wildman–Crippen MR) is 161 cm³/mol. The molecule has 212 valence electrons. The highest BCUT2D eigenvalue weighted by molar-refractivity contribution is 7.92. The van der Waals surface area contributed by atoms with Crippen LogP contribution in [0.25, 0.3) is 0 Å². The predicted octanol–water partition coefficient (Wildman–Crippen LogP) is 5.89. The largest absolute Gasteiger partial charge is 0.495 e. The first-order chi connectivity index (χ1) is 19.7. The van der Waals surface area contributed by atoms with Crippen LogP contribution in [0.4, 0.5) is 5.69 Å². The molecule has 0 aliphatic rings. The number of ether oxygens (including phenoxy) is 2. The number of amides is 1. The minimum atomic E-state index is -4.10. The van der Waals surface area contributed by atoms with E-state index >= 15 is 0 Å². The molecule has 4 rings (SSSR count). The molecule has 0 aliphatic heterocycles. The molecule has 0 aromatic heterocycles. The topological polar surface area (TPSA) is 97.3 Å². The van der Waals surface area contributed by atoms with E-state index in [0.29, 0.717) is 28.7 Å². The first-order valence-corrected chi connectivity index (χ1v) is 14.5. The van der Waals surface area contributed by atoms with Crippen LogP contribution in [0.5, 0.6) is 11.5 Å². The van der Waals surface area contributed by atoms with Gasteiger partial charge in [-0.3, -0.25) is 9.10 Å². The Hall–Kier alpha value is -4.34. The van der Waals surface area contributed by atoms with Crippen molar-refractivity contribution in [1.82, 2.24) is 5.43 Å². The number of hydrogen-bond acceptors (Lipinski definition) is 6. The third-order valence-electron chi connectivity index (χ3n) is 6.10. The summed E-state index contributed by atoms with van der Waals surface area (Å²) in [7, 11) is -2.66. The first kappa shape index (κ1) is 29.6. The zero-order chi connectivity index (χ0) is 29.4. The number of hydrogen-bond donors (Lipinski definition) is 1. The van der Waals surface area contributed by atoms with Crippen molar-refractivity contribution in [3.63, 3.8) is 0 Å². The average Bonchev–Trinajstić information content (AvgIpc) is 2.96. The van der Waals surface area contributed by atoms with Crippen LogP contribution in [0.2, 0.25) is 5.02 Å². The van der Waals surface area contributed by atoms with E-state index < -0.39 is 22.5 Å². The Bertz CT molecular complexity index is 1620. The molecule has 0 saturated carbocycles. The molecular formula is C31H30ClN3O5S. The van der Waals surface area contributed by atoms with Gasteiger partial charge in [0.25, 0.3) is 15.9 Å². The van der Waals surface area contributed by atoms with E-state index in [9.17, 15) is 13.2 Å². The lowest BCUT2D eigenvalue weighted by Crippen LogP contribution is -2.39. The van der Waals surface area contributed by atoms with Crippen molar-refractivity contribution in [2.45, 2.75) is 25.3 Å². The molecule has 4 aromatic rings. The number of carbonyl (C=O) groups is 1. The standard InChI is InChI=1S/C31H30ClN3O5S/c1-22-4-15-28(16-5-22)41(37,38)35(29-18-23(2)6-17-30(29)39-3)20-31(36)34-33-19-24-9-13-27(14-10-24)40-21-25-7-11-26(32)12-8-25/h4-19H,20-21H2,1-3H3,(H,34,36)/b33-19-. The molecule has 0 aliphatic carbocycles. The number of hydrazone groups is 1. The average molecular weight is 592 g/mol. The Labute approximate surface area is 245 Å². The Balaban J connectivity index is 1.45. The van der Waals surface area contributed by atoms with E-state index in [-0.39, 0.29) is 10.6 Å². The summed E-state index contributed by atoms with van der Waals surface area (Å²) in [4.78, 5) is 13.0. The highest BCUT2D eigenvalue weighted by Gasteiger charge is 2.29. The SMILES string of the molecule is COc1ccc(C)cc1N(CC(=O)N/N=C\c1ccc(OCc2ccc(Cl)cc2)cc1)S(=O)(=O)c1ccc(C)cc1. The molecule has 1 N–H and O–H groups in total. The van der Waals surface area contributed by atoms with Crippen molar-refractivity contribution in [3.8, 4) is 11.5 Å². The number of halogens is 1. The highest BCUT2D eigenvalue weighted by atomic mass is 35.5. The minimum absolute atomic E-state index is 0.0568. The quantitative estimate of drug-likeness (QED) is 0.173. The zero-order valence-corrected chi connectivity index (χ0v) is 24.4. The number of aryl methyl sites for hydroxylation is 2. The first-order valence-electron chi connectivity index (χ1n) is 12.7. The van der Waals surface area contributed by atoms with E-state index in [2.05, 4.69) is 10.5 Å². The van der Waals surface area contributed by atoms with E-state index in [0.717, 1.165) is 21.0 Å². The lowest BCUT2D eigenvalue weighted by molar-refractivity contribution is -0.119. The molecule has 0 unspecified atom stereocenters. The van der Waals surface area contributed by atoms with Crippen molar-refractivity contribution in [2.24, 2.45) is 5.10 Å². The van der Waals surface area contributed by atoms with Crippen molar-refractivity contribution in [1.29, 1.82) is 0 Å². The number of nitrogens with zero attached hydrogens (tertiary/aromatic N) is 2. The van der Waals surface area contributed by atoms with E-state index in [1.165, 1.54) is 25.5 Å². The fraction of sp³-hybridized carbons (Fsp3) is 0.161. The lowest BCUT2D eigenvalue weighted by atomic mass is 10.2. The Kier molecular flexibility index (Phi) is 9.65. The fourth-order valence-corrected chi connectivity index (χ4v) is 5.42. The van der Waals surface area contributed by atoms with Crippen molar-refractivity contribution < 1.29 is 22.7 Å². The number of nitrogens with one attached hydrogen (secondary N) is 1. The van der Waals surface area contributed by atoms with Gasteiger partial charge in [0.15, 0.2) is 0 Å². The van der Waals surface area contributed by atoms with Crippen molar-refractivity contribution >= 4 is 39.4 Å². The summed E-state index contributed by atoms with van der Waals surface area (Å²) < 4.78 is 39.6. The smallest absolute Gasteiger partial charge is 0.264 e. The Morgan fingerprint density at radius 2 is 1.59 bits per heavy atom. The molecule has 8 nitrogen and oxygen atoms in total. The number of sulfonamides is 1. The van der Waals surface area contributed by atoms with Crippen LogP contribution in [-0.4, -0.2) is 34.2 Å².